The first-order valence-electron chi connectivity index (χ1n) is 6.06. The van der Waals surface area contributed by atoms with Crippen LogP contribution in [0.25, 0.3) is 0 Å². The van der Waals surface area contributed by atoms with E-state index in [1.165, 1.54) is 17.4 Å². The predicted molar refractivity (Wildman–Crippen MR) is 77.4 cm³/mol. The van der Waals surface area contributed by atoms with Gasteiger partial charge in [-0.05, 0) is 24.6 Å². The molecule has 6 heteroatoms. The number of non-ortho nitro benzene ring substituents is 1. The third kappa shape index (κ3) is 3.41. The predicted octanol–water partition coefficient (Wildman–Crippen LogP) is 3.38. The third-order valence-electron chi connectivity index (χ3n) is 2.94. The van der Waals surface area contributed by atoms with Crippen molar-refractivity contribution in [3.05, 3.63) is 61.8 Å². The highest BCUT2D eigenvalue weighted by Crippen LogP contribution is 2.20. The highest BCUT2D eigenvalue weighted by Gasteiger charge is 2.11. The van der Waals surface area contributed by atoms with Crippen molar-refractivity contribution in [2.45, 2.75) is 19.5 Å². The van der Waals surface area contributed by atoms with E-state index in [1.54, 1.807) is 18.2 Å². The van der Waals surface area contributed by atoms with Crippen LogP contribution in [0.2, 0.25) is 0 Å². The minimum Gasteiger partial charge on any atom is -0.305 e. The second-order valence-corrected chi connectivity index (χ2v) is 5.50. The minimum atomic E-state index is -0.394. The lowest BCUT2D eigenvalue weighted by Crippen LogP contribution is -2.17. The number of rotatable bonds is 5. The quantitative estimate of drug-likeness (QED) is 0.675. The van der Waals surface area contributed by atoms with Crippen LogP contribution in [-0.2, 0) is 6.54 Å². The molecule has 2 aromatic rings. The van der Waals surface area contributed by atoms with Crippen LogP contribution >= 0.6 is 11.3 Å². The molecule has 1 heterocycles. The molecular weight excluding hydrogens is 274 g/mol. The molecule has 1 aromatic carbocycles. The molecule has 2 rings (SSSR count). The van der Waals surface area contributed by atoms with Crippen LogP contribution in [0.5, 0.6) is 0 Å². The molecule has 1 atom stereocenters. The van der Waals surface area contributed by atoms with E-state index in [-0.39, 0.29) is 11.7 Å². The Morgan fingerprint density at radius 1 is 1.45 bits per heavy atom. The van der Waals surface area contributed by atoms with Crippen molar-refractivity contribution in [2.24, 2.45) is 0 Å². The molecule has 1 N–H and O–H groups in total. The number of thiophene rings is 1. The van der Waals surface area contributed by atoms with Crippen LogP contribution in [-0.4, -0.2) is 4.92 Å². The number of nitriles is 1. The summed E-state index contributed by atoms with van der Waals surface area (Å²) in [5.41, 5.74) is 0.968. The second kappa shape index (κ2) is 6.28. The number of nitro benzene ring substituents is 1. The molecule has 0 bridgehead atoms. The number of hydrogen-bond donors (Lipinski definition) is 1. The van der Waals surface area contributed by atoms with Gasteiger partial charge < -0.3 is 5.32 Å². The Labute approximate surface area is 120 Å². The van der Waals surface area contributed by atoms with E-state index < -0.39 is 4.92 Å². The second-order valence-electron chi connectivity index (χ2n) is 4.33. The van der Waals surface area contributed by atoms with Crippen molar-refractivity contribution >= 4 is 17.0 Å². The summed E-state index contributed by atoms with van der Waals surface area (Å²) >= 11 is 1.45. The summed E-state index contributed by atoms with van der Waals surface area (Å²) in [6.07, 6.45) is 0. The van der Waals surface area contributed by atoms with E-state index in [0.29, 0.717) is 11.4 Å². The van der Waals surface area contributed by atoms with E-state index in [0.717, 1.165) is 10.4 Å². The SMILES string of the molecule is CC(NCc1ccc(C#N)s1)c1cccc([N+](=O)[O-])c1. The first-order valence-corrected chi connectivity index (χ1v) is 6.88. The zero-order valence-corrected chi connectivity index (χ0v) is 11.7. The van der Waals surface area contributed by atoms with Crippen molar-refractivity contribution in [1.29, 1.82) is 5.26 Å². The Bertz CT molecular complexity index is 660. The smallest absolute Gasteiger partial charge is 0.269 e. The van der Waals surface area contributed by atoms with Gasteiger partial charge in [-0.3, -0.25) is 10.1 Å². The van der Waals surface area contributed by atoms with Gasteiger partial charge in [-0.2, -0.15) is 5.26 Å². The molecule has 0 spiro atoms. The largest absolute Gasteiger partial charge is 0.305 e. The monoisotopic (exact) mass is 287 g/mol. The van der Waals surface area contributed by atoms with Crippen LogP contribution < -0.4 is 5.32 Å². The maximum atomic E-state index is 10.7. The van der Waals surface area contributed by atoms with E-state index in [1.807, 2.05) is 19.1 Å². The molecule has 0 aliphatic heterocycles. The summed E-state index contributed by atoms with van der Waals surface area (Å²) in [5.74, 6) is 0. The molecule has 0 saturated heterocycles. The number of nitro groups is 1. The van der Waals surface area contributed by atoms with Gasteiger partial charge in [0, 0.05) is 29.6 Å². The van der Waals surface area contributed by atoms with Crippen molar-refractivity contribution in [3.63, 3.8) is 0 Å². The number of benzene rings is 1. The number of nitrogens with zero attached hydrogens (tertiary/aromatic N) is 2. The summed E-state index contributed by atoms with van der Waals surface area (Å²) in [5, 5.41) is 22.8. The van der Waals surface area contributed by atoms with Gasteiger partial charge in [0.15, 0.2) is 0 Å². The van der Waals surface area contributed by atoms with E-state index >= 15 is 0 Å². The molecule has 102 valence electrons. The molecule has 1 aromatic heterocycles. The van der Waals surface area contributed by atoms with Gasteiger partial charge in [-0.25, -0.2) is 0 Å². The summed E-state index contributed by atoms with van der Waals surface area (Å²) in [4.78, 5) is 12.1. The Morgan fingerprint density at radius 3 is 2.90 bits per heavy atom. The third-order valence-corrected chi connectivity index (χ3v) is 3.93. The lowest BCUT2D eigenvalue weighted by atomic mass is 10.1. The van der Waals surface area contributed by atoms with Crippen LogP contribution in [0.15, 0.2) is 36.4 Å². The van der Waals surface area contributed by atoms with Gasteiger partial charge in [-0.1, -0.05) is 12.1 Å². The molecule has 20 heavy (non-hydrogen) atoms. The highest BCUT2D eigenvalue weighted by atomic mass is 32.1. The van der Waals surface area contributed by atoms with Crippen LogP contribution in [0.4, 0.5) is 5.69 Å². The van der Waals surface area contributed by atoms with Gasteiger partial charge in [-0.15, -0.1) is 11.3 Å². The summed E-state index contributed by atoms with van der Waals surface area (Å²) in [6.45, 7) is 2.59. The Morgan fingerprint density at radius 2 is 2.25 bits per heavy atom. The zero-order valence-electron chi connectivity index (χ0n) is 10.9. The first kappa shape index (κ1) is 14.2. The average molecular weight is 287 g/mol. The highest BCUT2D eigenvalue weighted by molar-refractivity contribution is 7.12. The molecule has 0 aliphatic rings. The van der Waals surface area contributed by atoms with Crippen LogP contribution in [0.1, 0.15) is 28.3 Å². The van der Waals surface area contributed by atoms with E-state index in [9.17, 15) is 10.1 Å². The first-order chi connectivity index (χ1) is 9.60. The summed E-state index contributed by atoms with van der Waals surface area (Å²) in [6, 6.07) is 12.4. The summed E-state index contributed by atoms with van der Waals surface area (Å²) < 4.78 is 0. The molecular formula is C14H13N3O2S. The molecule has 0 aliphatic carbocycles. The van der Waals surface area contributed by atoms with Gasteiger partial charge in [0.1, 0.15) is 10.9 Å². The van der Waals surface area contributed by atoms with Crippen molar-refractivity contribution < 1.29 is 4.92 Å². The van der Waals surface area contributed by atoms with Crippen molar-refractivity contribution in [3.8, 4) is 6.07 Å². The minimum absolute atomic E-state index is 0.00235. The molecule has 0 radical (unpaired) electrons. The normalized spacial score (nSPS) is 11.8. The molecule has 0 fully saturated rings. The maximum absolute atomic E-state index is 10.7. The van der Waals surface area contributed by atoms with E-state index in [4.69, 9.17) is 5.26 Å². The number of hydrogen-bond acceptors (Lipinski definition) is 5. The van der Waals surface area contributed by atoms with Gasteiger partial charge in [0.25, 0.3) is 5.69 Å². The van der Waals surface area contributed by atoms with Gasteiger partial charge in [0.2, 0.25) is 0 Å². The fourth-order valence-electron chi connectivity index (χ4n) is 1.81. The Kier molecular flexibility index (Phi) is 4.45. The molecule has 0 saturated carbocycles. The molecule has 0 amide bonds. The van der Waals surface area contributed by atoms with Crippen molar-refractivity contribution in [1.82, 2.24) is 5.32 Å². The average Bonchev–Trinajstić information content (AvgIpc) is 2.93. The standard InChI is InChI=1S/C14H13N3O2S/c1-10(11-3-2-4-12(7-11)17(18)19)16-9-14-6-5-13(8-15)20-14/h2-7,10,16H,9H2,1H3. The Hall–Kier alpha value is -2.23. The lowest BCUT2D eigenvalue weighted by Gasteiger charge is -2.13. The van der Waals surface area contributed by atoms with Crippen LogP contribution in [0.3, 0.4) is 0 Å². The van der Waals surface area contributed by atoms with Gasteiger partial charge in [0.05, 0.1) is 4.92 Å². The zero-order chi connectivity index (χ0) is 14.5. The summed E-state index contributed by atoms with van der Waals surface area (Å²) in [7, 11) is 0. The fraction of sp³-hybridized carbons (Fsp3) is 0.214. The van der Waals surface area contributed by atoms with Crippen LogP contribution in [0, 0.1) is 21.4 Å². The van der Waals surface area contributed by atoms with E-state index in [2.05, 4.69) is 11.4 Å². The fourth-order valence-corrected chi connectivity index (χ4v) is 2.57. The Balaban J connectivity index is 2.01. The topological polar surface area (TPSA) is 79.0 Å². The maximum Gasteiger partial charge on any atom is 0.269 e. The molecule has 1 unspecified atom stereocenters. The molecule has 5 nitrogen and oxygen atoms in total. The number of nitrogens with one attached hydrogen (secondary N) is 1. The lowest BCUT2D eigenvalue weighted by molar-refractivity contribution is -0.384. The van der Waals surface area contributed by atoms with Crippen molar-refractivity contribution in [2.75, 3.05) is 0 Å². The van der Waals surface area contributed by atoms with Gasteiger partial charge >= 0.3 is 0 Å².